The zero-order valence-electron chi connectivity index (χ0n) is 19.2. The van der Waals surface area contributed by atoms with E-state index in [-0.39, 0.29) is 17.3 Å². The molecule has 10 nitrogen and oxygen atoms in total. The third kappa shape index (κ3) is 3.95. The van der Waals surface area contributed by atoms with E-state index in [9.17, 15) is 19.2 Å². The highest BCUT2D eigenvalue weighted by Gasteiger charge is 2.66. The predicted molar refractivity (Wildman–Crippen MR) is 110 cm³/mol. The fourth-order valence-corrected chi connectivity index (χ4v) is 4.66. The quantitative estimate of drug-likeness (QED) is 0.258. The third-order valence-electron chi connectivity index (χ3n) is 6.97. The molecule has 3 saturated heterocycles. The number of rotatable bonds is 4. The van der Waals surface area contributed by atoms with E-state index >= 15 is 0 Å². The van der Waals surface area contributed by atoms with Gasteiger partial charge in [0.1, 0.15) is 12.2 Å². The molecule has 3 fully saturated rings. The Morgan fingerprint density at radius 1 is 1.18 bits per heavy atom. The lowest BCUT2D eigenvalue weighted by molar-refractivity contribution is -0.175. The first-order valence-electron chi connectivity index (χ1n) is 10.8. The van der Waals surface area contributed by atoms with Crippen LogP contribution in [0.2, 0.25) is 0 Å². The van der Waals surface area contributed by atoms with Gasteiger partial charge >= 0.3 is 23.9 Å². The van der Waals surface area contributed by atoms with Crippen molar-refractivity contribution in [1.29, 1.82) is 0 Å². The van der Waals surface area contributed by atoms with E-state index in [0.29, 0.717) is 12.8 Å². The van der Waals surface area contributed by atoms with Crippen LogP contribution in [0.4, 0.5) is 0 Å². The number of methoxy groups -OCH3 is 1. The van der Waals surface area contributed by atoms with E-state index in [1.165, 1.54) is 14.0 Å². The average molecular weight is 464 g/mol. The van der Waals surface area contributed by atoms with Gasteiger partial charge in [0.25, 0.3) is 0 Å². The highest BCUT2D eigenvalue weighted by molar-refractivity contribution is 5.93. The zero-order valence-corrected chi connectivity index (χ0v) is 19.2. The summed E-state index contributed by atoms with van der Waals surface area (Å²) in [5, 5.41) is 0. The Hall–Kier alpha value is -2.72. The van der Waals surface area contributed by atoms with Crippen LogP contribution in [-0.4, -0.2) is 72.7 Å². The summed E-state index contributed by atoms with van der Waals surface area (Å²) in [4.78, 5) is 50.4. The molecule has 0 saturated carbocycles. The minimum atomic E-state index is -1.36. The molecule has 10 heteroatoms. The topological polar surface area (TPSA) is 130 Å². The molecule has 0 aromatic heterocycles. The number of ether oxygens (including phenoxy) is 6. The fourth-order valence-electron chi connectivity index (χ4n) is 4.66. The molecule has 8 atom stereocenters. The zero-order chi connectivity index (χ0) is 24.3. The molecule has 3 aliphatic heterocycles. The highest BCUT2D eigenvalue weighted by Crippen LogP contribution is 2.51. The molecular weight excluding hydrogens is 436 g/mol. The van der Waals surface area contributed by atoms with E-state index in [4.69, 9.17) is 28.4 Å². The van der Waals surface area contributed by atoms with Gasteiger partial charge in [-0.05, 0) is 33.6 Å². The second kappa shape index (κ2) is 7.95. The molecule has 0 aromatic carbocycles. The van der Waals surface area contributed by atoms with Crippen molar-refractivity contribution in [3.05, 3.63) is 23.8 Å². The Kier molecular flexibility index (Phi) is 5.65. The van der Waals surface area contributed by atoms with Crippen molar-refractivity contribution in [2.45, 2.75) is 82.3 Å². The monoisotopic (exact) mass is 464 g/mol. The van der Waals surface area contributed by atoms with Crippen LogP contribution in [0.1, 0.15) is 40.5 Å². The van der Waals surface area contributed by atoms with Crippen LogP contribution in [0.15, 0.2) is 23.8 Å². The Morgan fingerprint density at radius 2 is 1.85 bits per heavy atom. The Bertz CT molecular complexity index is 953. The van der Waals surface area contributed by atoms with Crippen LogP contribution in [0.25, 0.3) is 0 Å². The minimum absolute atomic E-state index is 0.00554. The molecule has 0 radical (unpaired) electrons. The van der Waals surface area contributed by atoms with Crippen molar-refractivity contribution < 1.29 is 47.6 Å². The van der Waals surface area contributed by atoms with Gasteiger partial charge < -0.3 is 28.4 Å². The first-order chi connectivity index (χ1) is 15.4. The first kappa shape index (κ1) is 23.4. The molecule has 33 heavy (non-hydrogen) atoms. The van der Waals surface area contributed by atoms with E-state index in [1.54, 1.807) is 19.9 Å². The molecule has 180 valence electrons. The van der Waals surface area contributed by atoms with E-state index in [2.05, 4.69) is 6.58 Å². The molecule has 0 spiro atoms. The summed E-state index contributed by atoms with van der Waals surface area (Å²) < 4.78 is 33.2. The van der Waals surface area contributed by atoms with E-state index < -0.39 is 65.4 Å². The summed E-state index contributed by atoms with van der Waals surface area (Å²) in [6, 6.07) is 0. The number of hydrogen-bond donors (Lipinski definition) is 0. The summed E-state index contributed by atoms with van der Waals surface area (Å²) in [6.45, 7) is 10.2. The van der Waals surface area contributed by atoms with Gasteiger partial charge in [0.2, 0.25) is 0 Å². The Labute approximate surface area is 191 Å². The molecule has 0 bridgehead atoms. The van der Waals surface area contributed by atoms with Crippen LogP contribution in [0.5, 0.6) is 0 Å². The number of hydrogen-bond acceptors (Lipinski definition) is 10. The molecule has 0 N–H and O–H groups in total. The fraction of sp³-hybridized carbons (Fsp3) is 0.652. The van der Waals surface area contributed by atoms with Crippen LogP contribution < -0.4 is 0 Å². The molecule has 1 aliphatic carbocycles. The van der Waals surface area contributed by atoms with Gasteiger partial charge in [0, 0.05) is 12.5 Å². The van der Waals surface area contributed by atoms with Gasteiger partial charge in [0.15, 0.2) is 17.8 Å². The van der Waals surface area contributed by atoms with Crippen molar-refractivity contribution in [2.75, 3.05) is 7.11 Å². The minimum Gasteiger partial charge on any atom is -0.466 e. The predicted octanol–water partition coefficient (Wildman–Crippen LogP) is 1.16. The van der Waals surface area contributed by atoms with E-state index in [1.807, 2.05) is 6.92 Å². The second-order valence-electron chi connectivity index (χ2n) is 9.23. The normalized spacial score (nSPS) is 43.1. The van der Waals surface area contributed by atoms with Gasteiger partial charge in [-0.3, -0.25) is 4.79 Å². The third-order valence-corrected chi connectivity index (χ3v) is 6.97. The second-order valence-corrected chi connectivity index (χ2v) is 9.23. The van der Waals surface area contributed by atoms with Crippen LogP contribution >= 0.6 is 0 Å². The lowest BCUT2D eigenvalue weighted by Crippen LogP contribution is -2.49. The van der Waals surface area contributed by atoms with Crippen molar-refractivity contribution in [3.8, 4) is 0 Å². The Balaban J connectivity index is 1.82. The molecule has 3 unspecified atom stereocenters. The SMILES string of the molecule is C=C1C(=O)O[C@H]2C3O[C@]3(C)CC/C=C(/C(=O)OC)[C@H](OC(C)=O)[C@H](OC(=O)C3(C)OC3C)[C@H]12. The average Bonchev–Trinajstić information content (AvgIpc) is 3.57. The maximum atomic E-state index is 13.1. The first-order valence-corrected chi connectivity index (χ1v) is 10.8. The molecular formula is C23H28O10. The van der Waals surface area contributed by atoms with Crippen LogP contribution in [0, 0.1) is 5.92 Å². The summed E-state index contributed by atoms with van der Waals surface area (Å²) in [5.74, 6) is -3.79. The summed E-state index contributed by atoms with van der Waals surface area (Å²) in [7, 11) is 1.19. The number of carbonyl (C=O) groups excluding carboxylic acids is 4. The largest absolute Gasteiger partial charge is 0.466 e. The van der Waals surface area contributed by atoms with E-state index in [0.717, 1.165) is 0 Å². The van der Waals surface area contributed by atoms with Crippen molar-refractivity contribution >= 4 is 23.9 Å². The molecule has 4 aliphatic rings. The number of epoxide rings is 2. The van der Waals surface area contributed by atoms with Gasteiger partial charge in [-0.15, -0.1) is 0 Å². The summed E-state index contributed by atoms with van der Waals surface area (Å²) in [6.07, 6.45) is -1.87. The molecule has 3 heterocycles. The maximum Gasteiger partial charge on any atom is 0.341 e. The van der Waals surface area contributed by atoms with Crippen molar-refractivity contribution in [3.63, 3.8) is 0 Å². The number of fused-ring (bicyclic) bond motifs is 3. The maximum absolute atomic E-state index is 13.1. The number of carbonyl (C=O) groups is 4. The standard InChI is InChI=1S/C23H28O10/c1-10-14-16(31-21(27)23(5)11(2)32-23)15(29-12(3)24)13(20(26)28-6)8-7-9-22(4)18(33-22)17(14)30-19(10)25/h8,11,14-18H,1,7,9H2,2-6H3/b13-8+/t11?,14-,15-,16+,17+,18?,22+,23?/m0/s1. The lowest BCUT2D eigenvalue weighted by atomic mass is 9.80. The van der Waals surface area contributed by atoms with Gasteiger partial charge in [-0.25, -0.2) is 14.4 Å². The van der Waals surface area contributed by atoms with Crippen molar-refractivity contribution in [2.24, 2.45) is 5.92 Å². The lowest BCUT2D eigenvalue weighted by Gasteiger charge is -2.34. The van der Waals surface area contributed by atoms with Gasteiger partial charge in [-0.1, -0.05) is 12.7 Å². The molecule has 4 rings (SSSR count). The van der Waals surface area contributed by atoms with Crippen LogP contribution in [-0.2, 0) is 47.6 Å². The van der Waals surface area contributed by atoms with Crippen molar-refractivity contribution in [1.82, 2.24) is 0 Å². The number of esters is 4. The smallest absolute Gasteiger partial charge is 0.341 e. The Morgan fingerprint density at radius 3 is 2.42 bits per heavy atom. The molecule has 0 aromatic rings. The summed E-state index contributed by atoms with van der Waals surface area (Å²) >= 11 is 0. The summed E-state index contributed by atoms with van der Waals surface area (Å²) in [5.41, 5.74) is -1.77. The number of allylic oxidation sites excluding steroid dienone is 1. The van der Waals surface area contributed by atoms with Gasteiger partial charge in [-0.2, -0.15) is 0 Å². The highest BCUT2D eigenvalue weighted by atomic mass is 16.7. The molecule has 0 amide bonds. The van der Waals surface area contributed by atoms with Gasteiger partial charge in [0.05, 0.1) is 30.3 Å². The van der Waals surface area contributed by atoms with Crippen LogP contribution in [0.3, 0.4) is 0 Å².